The monoisotopic (exact) mass is 347 g/mol. The van der Waals surface area contributed by atoms with Crippen LogP contribution in [0.3, 0.4) is 0 Å². The lowest BCUT2D eigenvalue weighted by molar-refractivity contribution is 0.378. The predicted octanol–water partition coefficient (Wildman–Crippen LogP) is 3.04. The molecule has 6 nitrogen and oxygen atoms in total. The smallest absolute Gasteiger partial charge is 0.228 e. The average Bonchev–Trinajstić information content (AvgIpc) is 3.26. The van der Waals surface area contributed by atoms with Gasteiger partial charge in [0.25, 0.3) is 0 Å². The van der Waals surface area contributed by atoms with E-state index in [1.165, 1.54) is 25.7 Å². The Bertz CT molecular complexity index is 677. The number of halogens is 1. The molecule has 7 heteroatoms. The molecule has 1 aromatic carbocycles. The highest BCUT2D eigenvalue weighted by molar-refractivity contribution is 6.30. The van der Waals surface area contributed by atoms with Crippen LogP contribution in [0.15, 0.2) is 33.8 Å². The number of aromatic nitrogens is 2. The van der Waals surface area contributed by atoms with Gasteiger partial charge >= 0.3 is 0 Å². The maximum Gasteiger partial charge on any atom is 0.228 e. The molecule has 0 spiro atoms. The molecule has 2 N–H and O–H groups in total. The average molecular weight is 348 g/mol. The fraction of sp³-hybridized carbons (Fsp3) is 0.471. The summed E-state index contributed by atoms with van der Waals surface area (Å²) in [7, 11) is 1.79. The van der Waals surface area contributed by atoms with E-state index in [-0.39, 0.29) is 0 Å². The Labute approximate surface area is 146 Å². The first-order valence-corrected chi connectivity index (χ1v) is 8.68. The minimum Gasteiger partial charge on any atom is -0.356 e. The van der Waals surface area contributed by atoms with Crippen molar-refractivity contribution in [3.8, 4) is 11.4 Å². The fourth-order valence-electron chi connectivity index (χ4n) is 2.82. The van der Waals surface area contributed by atoms with Crippen LogP contribution in [0.4, 0.5) is 0 Å². The summed E-state index contributed by atoms with van der Waals surface area (Å²) in [5.41, 5.74) is 0.890. The SMILES string of the molecule is CN=C(NCCc1nc(-c2ccc(Cl)cc2)no1)NC1CCCC1. The van der Waals surface area contributed by atoms with Gasteiger partial charge in [0, 0.05) is 36.6 Å². The summed E-state index contributed by atoms with van der Waals surface area (Å²) < 4.78 is 5.30. The van der Waals surface area contributed by atoms with Crippen LogP contribution < -0.4 is 10.6 Å². The highest BCUT2D eigenvalue weighted by Gasteiger charge is 2.16. The van der Waals surface area contributed by atoms with E-state index in [4.69, 9.17) is 16.1 Å². The number of guanidine groups is 1. The van der Waals surface area contributed by atoms with Gasteiger partial charge in [-0.2, -0.15) is 4.98 Å². The van der Waals surface area contributed by atoms with Crippen molar-refractivity contribution in [2.75, 3.05) is 13.6 Å². The standard InChI is InChI=1S/C17H22ClN5O/c1-19-17(21-14-4-2-3-5-14)20-11-10-15-22-16(23-24-15)12-6-8-13(18)9-7-12/h6-9,14H,2-5,10-11H2,1H3,(H2,19,20,21). The summed E-state index contributed by atoms with van der Waals surface area (Å²) in [6.45, 7) is 0.689. The van der Waals surface area contributed by atoms with Gasteiger partial charge in [-0.3, -0.25) is 4.99 Å². The van der Waals surface area contributed by atoms with Crippen LogP contribution in [0.2, 0.25) is 5.02 Å². The molecule has 0 amide bonds. The molecule has 0 atom stereocenters. The fourth-order valence-corrected chi connectivity index (χ4v) is 2.94. The summed E-state index contributed by atoms with van der Waals surface area (Å²) in [6.07, 6.45) is 5.67. The number of nitrogens with zero attached hydrogens (tertiary/aromatic N) is 3. The van der Waals surface area contributed by atoms with Gasteiger partial charge in [-0.25, -0.2) is 0 Å². The van der Waals surface area contributed by atoms with Gasteiger partial charge in [0.15, 0.2) is 5.96 Å². The van der Waals surface area contributed by atoms with Crippen molar-refractivity contribution in [2.24, 2.45) is 4.99 Å². The van der Waals surface area contributed by atoms with Crippen molar-refractivity contribution in [3.05, 3.63) is 35.2 Å². The molecule has 0 aliphatic heterocycles. The van der Waals surface area contributed by atoms with E-state index in [9.17, 15) is 0 Å². The molecule has 1 heterocycles. The molecule has 1 aromatic heterocycles. The van der Waals surface area contributed by atoms with E-state index in [0.717, 1.165) is 11.5 Å². The van der Waals surface area contributed by atoms with Gasteiger partial charge in [0.2, 0.25) is 11.7 Å². The van der Waals surface area contributed by atoms with Gasteiger partial charge < -0.3 is 15.2 Å². The molecular weight excluding hydrogens is 326 g/mol. The lowest BCUT2D eigenvalue weighted by Crippen LogP contribution is -2.43. The summed E-state index contributed by atoms with van der Waals surface area (Å²) in [4.78, 5) is 8.67. The van der Waals surface area contributed by atoms with Crippen LogP contribution >= 0.6 is 11.6 Å². The number of aliphatic imine (C=N–C) groups is 1. The van der Waals surface area contributed by atoms with Crippen molar-refractivity contribution in [2.45, 2.75) is 38.1 Å². The molecule has 1 aliphatic carbocycles. The summed E-state index contributed by atoms with van der Waals surface area (Å²) in [5, 5.41) is 11.4. The maximum absolute atomic E-state index is 5.89. The highest BCUT2D eigenvalue weighted by atomic mass is 35.5. The van der Waals surface area contributed by atoms with Crippen molar-refractivity contribution in [1.82, 2.24) is 20.8 Å². The second-order valence-electron chi connectivity index (χ2n) is 5.89. The molecule has 2 aromatic rings. The number of nitrogens with one attached hydrogen (secondary N) is 2. The predicted molar refractivity (Wildman–Crippen MR) is 95.2 cm³/mol. The van der Waals surface area contributed by atoms with E-state index in [0.29, 0.717) is 35.7 Å². The van der Waals surface area contributed by atoms with Crippen LogP contribution in [-0.4, -0.2) is 35.7 Å². The highest BCUT2D eigenvalue weighted by Crippen LogP contribution is 2.19. The van der Waals surface area contributed by atoms with Gasteiger partial charge in [0.05, 0.1) is 0 Å². The number of benzene rings is 1. The Hall–Kier alpha value is -2.08. The van der Waals surface area contributed by atoms with Crippen LogP contribution in [0, 0.1) is 0 Å². The van der Waals surface area contributed by atoms with Gasteiger partial charge in [0.1, 0.15) is 0 Å². The largest absolute Gasteiger partial charge is 0.356 e. The molecule has 0 bridgehead atoms. The van der Waals surface area contributed by atoms with Crippen LogP contribution in [-0.2, 0) is 6.42 Å². The molecule has 1 aliphatic rings. The Morgan fingerprint density at radius 1 is 1.29 bits per heavy atom. The van der Waals surface area contributed by atoms with Gasteiger partial charge in [-0.1, -0.05) is 29.6 Å². The molecule has 0 unspecified atom stereocenters. The minimum absolute atomic E-state index is 0.538. The lowest BCUT2D eigenvalue weighted by atomic mass is 10.2. The van der Waals surface area contributed by atoms with Gasteiger partial charge in [-0.15, -0.1) is 0 Å². The second-order valence-corrected chi connectivity index (χ2v) is 6.33. The maximum atomic E-state index is 5.89. The molecule has 1 fully saturated rings. The minimum atomic E-state index is 0.538. The molecule has 1 saturated carbocycles. The summed E-state index contributed by atoms with van der Waals surface area (Å²) in [6, 6.07) is 7.92. The third kappa shape index (κ3) is 4.47. The topological polar surface area (TPSA) is 75.3 Å². The zero-order valence-corrected chi connectivity index (χ0v) is 14.5. The zero-order chi connectivity index (χ0) is 16.8. The number of hydrogen-bond donors (Lipinski definition) is 2. The molecule has 0 saturated heterocycles. The Balaban J connectivity index is 1.49. The van der Waals surface area contributed by atoms with Crippen LogP contribution in [0.5, 0.6) is 0 Å². The molecule has 24 heavy (non-hydrogen) atoms. The van der Waals surface area contributed by atoms with E-state index in [1.54, 1.807) is 7.05 Å². The van der Waals surface area contributed by atoms with Crippen LogP contribution in [0.25, 0.3) is 11.4 Å². The van der Waals surface area contributed by atoms with E-state index in [1.807, 2.05) is 24.3 Å². The Morgan fingerprint density at radius 3 is 2.75 bits per heavy atom. The third-order valence-corrected chi connectivity index (χ3v) is 4.37. The van der Waals surface area contributed by atoms with Crippen LogP contribution in [0.1, 0.15) is 31.6 Å². The first-order valence-electron chi connectivity index (χ1n) is 8.30. The normalized spacial score (nSPS) is 15.7. The summed E-state index contributed by atoms with van der Waals surface area (Å²) >= 11 is 5.89. The Kier molecular flexibility index (Phi) is 5.69. The van der Waals surface area contributed by atoms with Crippen molar-refractivity contribution in [1.29, 1.82) is 0 Å². The molecule has 128 valence electrons. The van der Waals surface area contributed by atoms with Gasteiger partial charge in [-0.05, 0) is 37.1 Å². The quantitative estimate of drug-likeness (QED) is 0.642. The zero-order valence-electron chi connectivity index (χ0n) is 13.8. The summed E-state index contributed by atoms with van der Waals surface area (Å²) in [5.74, 6) is 2.01. The number of rotatable bonds is 5. The van der Waals surface area contributed by atoms with Crippen molar-refractivity contribution >= 4 is 17.6 Å². The van der Waals surface area contributed by atoms with Crippen molar-refractivity contribution < 1.29 is 4.52 Å². The van der Waals surface area contributed by atoms with E-state index >= 15 is 0 Å². The third-order valence-electron chi connectivity index (χ3n) is 4.12. The molecule has 0 radical (unpaired) electrons. The Morgan fingerprint density at radius 2 is 2.04 bits per heavy atom. The number of hydrogen-bond acceptors (Lipinski definition) is 4. The van der Waals surface area contributed by atoms with Crippen molar-refractivity contribution in [3.63, 3.8) is 0 Å². The molecule has 3 rings (SSSR count). The first kappa shape index (κ1) is 16.8. The van der Waals surface area contributed by atoms with E-state index < -0.39 is 0 Å². The molecular formula is C17H22ClN5O. The second kappa shape index (κ2) is 8.15. The lowest BCUT2D eigenvalue weighted by Gasteiger charge is -2.16. The first-order chi connectivity index (χ1) is 11.7. The van der Waals surface area contributed by atoms with E-state index in [2.05, 4.69) is 25.8 Å².